The van der Waals surface area contributed by atoms with Crippen LogP contribution in [-0.4, -0.2) is 29.5 Å². The molecule has 0 fully saturated rings. The molecule has 0 spiro atoms. The van der Waals surface area contributed by atoms with Gasteiger partial charge >= 0.3 is 0 Å². The second-order valence-electron chi connectivity index (χ2n) is 7.36. The Morgan fingerprint density at radius 3 is 2.73 bits per heavy atom. The van der Waals surface area contributed by atoms with Crippen molar-refractivity contribution in [3.05, 3.63) is 83.3 Å². The predicted octanol–water partition coefficient (Wildman–Crippen LogP) is 4.69. The Morgan fingerprint density at radius 1 is 1.00 bits per heavy atom. The zero-order valence-electron chi connectivity index (χ0n) is 16.6. The van der Waals surface area contributed by atoms with Crippen LogP contribution < -0.4 is 10.1 Å². The molecule has 0 atom stereocenters. The molecule has 2 aromatic heterocycles. The number of benzene rings is 2. The first-order valence-electron chi connectivity index (χ1n) is 9.92. The van der Waals surface area contributed by atoms with Gasteiger partial charge in [0.05, 0.1) is 18.4 Å². The van der Waals surface area contributed by atoms with E-state index in [2.05, 4.69) is 45.6 Å². The smallest absolute Gasteiger partial charge is 0.253 e. The van der Waals surface area contributed by atoms with Crippen molar-refractivity contribution in [1.82, 2.24) is 15.3 Å². The monoisotopic (exact) mass is 395 g/mol. The first-order chi connectivity index (χ1) is 14.7. The number of amides is 1. The van der Waals surface area contributed by atoms with Crippen molar-refractivity contribution < 1.29 is 9.53 Å². The fourth-order valence-corrected chi connectivity index (χ4v) is 3.81. The summed E-state index contributed by atoms with van der Waals surface area (Å²) >= 11 is 0. The molecule has 0 radical (unpaired) electrons. The normalized spacial score (nSPS) is 13.4. The number of hydrogen-bond donors (Lipinski definition) is 2. The number of H-pyrrole nitrogens is 1. The van der Waals surface area contributed by atoms with E-state index in [0.29, 0.717) is 6.54 Å². The summed E-state index contributed by atoms with van der Waals surface area (Å²) in [6.45, 7) is 0.675. The second kappa shape index (κ2) is 7.52. The second-order valence-corrected chi connectivity index (χ2v) is 7.36. The topological polar surface area (TPSA) is 67.0 Å². The van der Waals surface area contributed by atoms with E-state index in [4.69, 9.17) is 4.74 Å². The number of hydrogen-bond acceptors (Lipinski definition) is 3. The zero-order valence-corrected chi connectivity index (χ0v) is 16.6. The van der Waals surface area contributed by atoms with Gasteiger partial charge in [-0.15, -0.1) is 0 Å². The van der Waals surface area contributed by atoms with Crippen LogP contribution in [-0.2, 0) is 6.42 Å². The number of ether oxygens (including phenoxy) is 1. The number of carbonyl (C=O) groups is 1. The van der Waals surface area contributed by atoms with Crippen LogP contribution in [0.4, 0.5) is 0 Å². The number of nitrogens with zero attached hydrogens (tertiary/aromatic N) is 1. The van der Waals surface area contributed by atoms with Gasteiger partial charge in [-0.2, -0.15) is 0 Å². The first kappa shape index (κ1) is 18.2. The summed E-state index contributed by atoms with van der Waals surface area (Å²) in [4.78, 5) is 19.9. The maximum Gasteiger partial charge on any atom is 0.253 e. The van der Waals surface area contributed by atoms with E-state index >= 15 is 0 Å². The Kier molecular flexibility index (Phi) is 4.56. The summed E-state index contributed by atoms with van der Waals surface area (Å²) in [6.07, 6.45) is 6.68. The van der Waals surface area contributed by atoms with Crippen molar-refractivity contribution in [2.75, 3.05) is 13.7 Å². The summed E-state index contributed by atoms with van der Waals surface area (Å²) in [6, 6.07) is 18.3. The summed E-state index contributed by atoms with van der Waals surface area (Å²) in [7, 11) is 1.68. The minimum absolute atomic E-state index is 0.0122. The van der Waals surface area contributed by atoms with Gasteiger partial charge in [0.15, 0.2) is 0 Å². The number of methoxy groups -OCH3 is 1. The molecule has 30 heavy (non-hydrogen) atoms. The van der Waals surface area contributed by atoms with Gasteiger partial charge in [-0.3, -0.25) is 9.78 Å². The van der Waals surface area contributed by atoms with Crippen molar-refractivity contribution in [2.45, 2.75) is 6.42 Å². The maximum atomic E-state index is 12.0. The number of rotatable bonds is 4. The van der Waals surface area contributed by atoms with E-state index in [0.717, 1.165) is 56.7 Å². The van der Waals surface area contributed by atoms with Crippen LogP contribution in [0.25, 0.3) is 34.2 Å². The number of carbonyl (C=O) groups excluding carboxylic acids is 1. The molecular formula is C25H21N3O2. The summed E-state index contributed by atoms with van der Waals surface area (Å²) in [5.41, 5.74) is 5.64. The minimum atomic E-state index is -0.0122. The molecule has 148 valence electrons. The number of aromatic nitrogens is 2. The van der Waals surface area contributed by atoms with E-state index in [9.17, 15) is 4.79 Å². The lowest BCUT2D eigenvalue weighted by Gasteiger charge is -2.10. The van der Waals surface area contributed by atoms with Crippen LogP contribution in [0.5, 0.6) is 5.75 Å². The average Bonchev–Trinajstić information content (AvgIpc) is 3.23. The van der Waals surface area contributed by atoms with Crippen molar-refractivity contribution >= 4 is 28.8 Å². The lowest BCUT2D eigenvalue weighted by Crippen LogP contribution is -2.31. The molecule has 5 heteroatoms. The molecule has 4 aromatic rings. The Labute approximate surface area is 174 Å². The first-order valence-corrected chi connectivity index (χ1v) is 9.92. The quantitative estimate of drug-likeness (QED) is 0.527. The number of aromatic amines is 1. The fourth-order valence-electron chi connectivity index (χ4n) is 3.81. The predicted molar refractivity (Wildman–Crippen MR) is 119 cm³/mol. The lowest BCUT2D eigenvalue weighted by molar-refractivity contribution is 0.0946. The van der Waals surface area contributed by atoms with E-state index < -0.39 is 0 Å². The minimum Gasteiger partial charge on any atom is -0.497 e. The van der Waals surface area contributed by atoms with Crippen LogP contribution in [0.1, 0.15) is 27.3 Å². The van der Waals surface area contributed by atoms with Crippen LogP contribution in [0.3, 0.4) is 0 Å². The molecular weight excluding hydrogens is 374 g/mol. The van der Waals surface area contributed by atoms with Gasteiger partial charge in [-0.25, -0.2) is 0 Å². The molecule has 0 aliphatic carbocycles. The number of pyridine rings is 1. The van der Waals surface area contributed by atoms with Gasteiger partial charge in [-0.1, -0.05) is 24.3 Å². The van der Waals surface area contributed by atoms with Crippen LogP contribution in [0, 0.1) is 0 Å². The van der Waals surface area contributed by atoms with Gasteiger partial charge in [0.25, 0.3) is 5.91 Å². The van der Waals surface area contributed by atoms with E-state index in [1.807, 2.05) is 36.4 Å². The molecule has 1 aliphatic heterocycles. The Balaban J connectivity index is 1.41. The molecule has 1 amide bonds. The highest BCUT2D eigenvalue weighted by Gasteiger charge is 2.19. The SMILES string of the molecule is COc1ccc2cc(/C=C/c3cc(-c4cc5c([nH]4)CCNC5=O)ccn3)ccc2c1. The molecule has 1 aliphatic rings. The standard InChI is InChI=1S/C25H21N3O2/c1-30-21-7-5-17-12-16(2-4-18(17)14-21)3-6-20-13-19(8-10-26-20)24-15-22-23(28-24)9-11-27-25(22)29/h2-8,10,12-15,28H,9,11H2,1H3,(H,27,29)/b6-3+. The highest BCUT2D eigenvalue weighted by Crippen LogP contribution is 2.25. The lowest BCUT2D eigenvalue weighted by atomic mass is 10.1. The Morgan fingerprint density at radius 2 is 1.87 bits per heavy atom. The van der Waals surface area contributed by atoms with Crippen molar-refractivity contribution in [2.24, 2.45) is 0 Å². The van der Waals surface area contributed by atoms with Gasteiger partial charge in [0, 0.05) is 36.1 Å². The van der Waals surface area contributed by atoms with E-state index in [1.165, 1.54) is 0 Å². The molecule has 5 rings (SSSR count). The Bertz CT molecular complexity index is 1290. The molecule has 0 bridgehead atoms. The molecule has 0 saturated carbocycles. The third-order valence-electron chi connectivity index (χ3n) is 5.41. The Hall–Kier alpha value is -3.86. The van der Waals surface area contributed by atoms with Crippen molar-refractivity contribution in [3.8, 4) is 17.0 Å². The summed E-state index contributed by atoms with van der Waals surface area (Å²) < 4.78 is 5.29. The van der Waals surface area contributed by atoms with Gasteiger partial charge in [0.1, 0.15) is 5.75 Å². The highest BCUT2D eigenvalue weighted by atomic mass is 16.5. The zero-order chi connectivity index (χ0) is 20.5. The highest BCUT2D eigenvalue weighted by molar-refractivity contribution is 5.97. The fraction of sp³-hybridized carbons (Fsp3) is 0.120. The van der Waals surface area contributed by atoms with Gasteiger partial charge < -0.3 is 15.0 Å². The number of fused-ring (bicyclic) bond motifs is 2. The van der Waals surface area contributed by atoms with Crippen molar-refractivity contribution in [3.63, 3.8) is 0 Å². The van der Waals surface area contributed by atoms with Crippen LogP contribution in [0.2, 0.25) is 0 Å². The molecule has 0 unspecified atom stereocenters. The largest absolute Gasteiger partial charge is 0.497 e. The van der Waals surface area contributed by atoms with Crippen LogP contribution >= 0.6 is 0 Å². The maximum absolute atomic E-state index is 12.0. The summed E-state index contributed by atoms with van der Waals surface area (Å²) in [5, 5.41) is 5.19. The third kappa shape index (κ3) is 3.46. The van der Waals surface area contributed by atoms with Gasteiger partial charge in [-0.05, 0) is 58.8 Å². The van der Waals surface area contributed by atoms with Crippen molar-refractivity contribution in [1.29, 1.82) is 0 Å². The van der Waals surface area contributed by atoms with E-state index in [-0.39, 0.29) is 5.91 Å². The third-order valence-corrected chi connectivity index (χ3v) is 5.41. The molecule has 2 N–H and O–H groups in total. The number of nitrogens with one attached hydrogen (secondary N) is 2. The van der Waals surface area contributed by atoms with Crippen LogP contribution in [0.15, 0.2) is 60.8 Å². The summed E-state index contributed by atoms with van der Waals surface area (Å²) in [5.74, 6) is 0.845. The van der Waals surface area contributed by atoms with Gasteiger partial charge in [0.2, 0.25) is 0 Å². The van der Waals surface area contributed by atoms with E-state index in [1.54, 1.807) is 13.3 Å². The molecule has 3 heterocycles. The average molecular weight is 395 g/mol. The molecule has 2 aromatic carbocycles. The molecule has 5 nitrogen and oxygen atoms in total. The molecule has 0 saturated heterocycles.